The number of hydrogen-bond donors (Lipinski definition) is 1. The van der Waals surface area contributed by atoms with Gasteiger partial charge in [-0.2, -0.15) is 0 Å². The topological polar surface area (TPSA) is 53.1 Å². The van der Waals surface area contributed by atoms with Crippen LogP contribution in [0, 0.1) is 0 Å². The minimum absolute atomic E-state index is 0.402. The normalized spacial score (nSPS) is 10.6. The van der Waals surface area contributed by atoms with E-state index in [1.807, 2.05) is 31.3 Å². The number of nitrogens with zero attached hydrogens (tertiary/aromatic N) is 2. The average molecular weight is 266 g/mol. The third kappa shape index (κ3) is 3.03. The third-order valence-corrected chi connectivity index (χ3v) is 3.10. The fourth-order valence-electron chi connectivity index (χ4n) is 1.63. The summed E-state index contributed by atoms with van der Waals surface area (Å²) in [6.07, 6.45) is 2.50. The van der Waals surface area contributed by atoms with Gasteiger partial charge in [-0.3, -0.25) is 0 Å². The van der Waals surface area contributed by atoms with Crippen LogP contribution in [-0.2, 0) is 20.1 Å². The number of aromatic nitrogens is 2. The summed E-state index contributed by atoms with van der Waals surface area (Å²) in [5.74, 6) is 1.61. The molecule has 0 saturated heterocycles. The van der Waals surface area contributed by atoms with Gasteiger partial charge >= 0.3 is 0 Å². The van der Waals surface area contributed by atoms with Crippen LogP contribution in [0.1, 0.15) is 11.4 Å². The van der Waals surface area contributed by atoms with Crippen LogP contribution in [0.5, 0.6) is 5.75 Å². The van der Waals surface area contributed by atoms with Crippen molar-refractivity contribution in [3.05, 3.63) is 47.0 Å². The molecular formula is C13H16ClN3O. The molecule has 4 nitrogen and oxygen atoms in total. The molecule has 2 aromatic rings. The van der Waals surface area contributed by atoms with Crippen LogP contribution in [-0.4, -0.2) is 16.1 Å². The standard InChI is InChI=1S/C13H16ClN3O/c1-17-12(14)8-16-13(17)9-18-11-4-2-10(3-5-11)6-7-15/h2-5,8H,6-7,9,15H2,1H3. The molecule has 0 radical (unpaired) electrons. The number of halogens is 1. The van der Waals surface area contributed by atoms with Crippen molar-refractivity contribution in [3.63, 3.8) is 0 Å². The van der Waals surface area contributed by atoms with Gasteiger partial charge in [0.25, 0.3) is 0 Å². The summed E-state index contributed by atoms with van der Waals surface area (Å²) in [7, 11) is 1.86. The minimum atomic E-state index is 0.402. The van der Waals surface area contributed by atoms with Crippen molar-refractivity contribution in [2.75, 3.05) is 6.54 Å². The highest BCUT2D eigenvalue weighted by Gasteiger charge is 2.05. The zero-order valence-electron chi connectivity index (χ0n) is 10.3. The Labute approximate surface area is 111 Å². The maximum absolute atomic E-state index is 5.90. The number of rotatable bonds is 5. The summed E-state index contributed by atoms with van der Waals surface area (Å²) in [5, 5.41) is 0.604. The van der Waals surface area contributed by atoms with E-state index in [9.17, 15) is 0 Å². The van der Waals surface area contributed by atoms with E-state index in [2.05, 4.69) is 4.98 Å². The first kappa shape index (κ1) is 12.9. The summed E-state index contributed by atoms with van der Waals surface area (Å²) < 4.78 is 7.44. The van der Waals surface area contributed by atoms with Crippen LogP contribution < -0.4 is 10.5 Å². The predicted octanol–water partition coefficient (Wildman–Crippen LogP) is 2.15. The number of ether oxygens (including phenoxy) is 1. The molecule has 5 heteroatoms. The van der Waals surface area contributed by atoms with E-state index in [0.29, 0.717) is 18.3 Å². The molecular weight excluding hydrogens is 250 g/mol. The molecule has 1 aromatic carbocycles. The SMILES string of the molecule is Cn1c(Cl)cnc1COc1ccc(CCN)cc1. The molecule has 2 rings (SSSR count). The minimum Gasteiger partial charge on any atom is -0.486 e. The van der Waals surface area contributed by atoms with E-state index < -0.39 is 0 Å². The molecule has 0 aliphatic heterocycles. The summed E-state index contributed by atoms with van der Waals surface area (Å²) >= 11 is 5.90. The molecule has 0 aliphatic rings. The van der Waals surface area contributed by atoms with E-state index >= 15 is 0 Å². The van der Waals surface area contributed by atoms with E-state index in [1.54, 1.807) is 10.8 Å². The van der Waals surface area contributed by atoms with Crippen molar-refractivity contribution in [2.45, 2.75) is 13.0 Å². The fraction of sp³-hybridized carbons (Fsp3) is 0.308. The lowest BCUT2D eigenvalue weighted by Crippen LogP contribution is -2.04. The van der Waals surface area contributed by atoms with Gasteiger partial charge in [0.15, 0.2) is 0 Å². The highest BCUT2D eigenvalue weighted by atomic mass is 35.5. The average Bonchev–Trinajstić information content (AvgIpc) is 2.70. The maximum atomic E-state index is 5.90. The quantitative estimate of drug-likeness (QED) is 0.901. The smallest absolute Gasteiger partial charge is 0.147 e. The summed E-state index contributed by atoms with van der Waals surface area (Å²) in [5.41, 5.74) is 6.71. The lowest BCUT2D eigenvalue weighted by Gasteiger charge is -2.07. The largest absolute Gasteiger partial charge is 0.486 e. The number of nitrogens with two attached hydrogens (primary N) is 1. The van der Waals surface area contributed by atoms with Gasteiger partial charge in [-0.1, -0.05) is 23.7 Å². The monoisotopic (exact) mass is 265 g/mol. The molecule has 0 fully saturated rings. The Balaban J connectivity index is 1.96. The Hall–Kier alpha value is -1.52. The molecule has 1 heterocycles. The van der Waals surface area contributed by atoms with Crippen molar-refractivity contribution < 1.29 is 4.74 Å². The molecule has 2 N–H and O–H groups in total. The van der Waals surface area contributed by atoms with Crippen LogP contribution in [0.25, 0.3) is 0 Å². The van der Waals surface area contributed by atoms with Crippen LogP contribution in [0.3, 0.4) is 0 Å². The molecule has 18 heavy (non-hydrogen) atoms. The molecule has 96 valence electrons. The fourth-order valence-corrected chi connectivity index (χ4v) is 1.77. The summed E-state index contributed by atoms with van der Waals surface area (Å²) in [6, 6.07) is 7.92. The highest BCUT2D eigenvalue weighted by Crippen LogP contribution is 2.15. The second kappa shape index (κ2) is 5.89. The number of imidazole rings is 1. The zero-order valence-corrected chi connectivity index (χ0v) is 11.0. The number of benzene rings is 1. The first-order valence-electron chi connectivity index (χ1n) is 5.78. The lowest BCUT2D eigenvalue weighted by atomic mass is 10.1. The second-order valence-electron chi connectivity index (χ2n) is 4.03. The van der Waals surface area contributed by atoms with Crippen molar-refractivity contribution in [1.82, 2.24) is 9.55 Å². The van der Waals surface area contributed by atoms with Gasteiger partial charge in [0.1, 0.15) is 23.3 Å². The van der Waals surface area contributed by atoms with Crippen molar-refractivity contribution in [2.24, 2.45) is 12.8 Å². The van der Waals surface area contributed by atoms with Gasteiger partial charge in [0.05, 0.1) is 6.20 Å². The lowest BCUT2D eigenvalue weighted by molar-refractivity contribution is 0.292. The van der Waals surface area contributed by atoms with Crippen LogP contribution in [0.4, 0.5) is 0 Å². The molecule has 0 atom stereocenters. The highest BCUT2D eigenvalue weighted by molar-refractivity contribution is 6.29. The van der Waals surface area contributed by atoms with Crippen LogP contribution >= 0.6 is 11.6 Å². The summed E-state index contributed by atoms with van der Waals surface area (Å²) in [4.78, 5) is 4.17. The molecule has 0 bridgehead atoms. The Kier molecular flexibility index (Phi) is 4.23. The Morgan fingerprint density at radius 2 is 2.06 bits per heavy atom. The van der Waals surface area contributed by atoms with Gasteiger partial charge in [0, 0.05) is 7.05 Å². The first-order chi connectivity index (χ1) is 8.70. The van der Waals surface area contributed by atoms with Crippen LogP contribution in [0.15, 0.2) is 30.5 Å². The van der Waals surface area contributed by atoms with Gasteiger partial charge in [-0.15, -0.1) is 0 Å². The van der Waals surface area contributed by atoms with E-state index in [4.69, 9.17) is 22.1 Å². The maximum Gasteiger partial charge on any atom is 0.147 e. The Bertz CT molecular complexity index is 507. The van der Waals surface area contributed by atoms with Crippen molar-refractivity contribution >= 4 is 11.6 Å². The van der Waals surface area contributed by atoms with Crippen molar-refractivity contribution in [3.8, 4) is 5.75 Å². The first-order valence-corrected chi connectivity index (χ1v) is 6.16. The predicted molar refractivity (Wildman–Crippen MR) is 71.8 cm³/mol. The van der Waals surface area contributed by atoms with Gasteiger partial charge in [0.2, 0.25) is 0 Å². The zero-order chi connectivity index (χ0) is 13.0. The molecule has 0 saturated carbocycles. The van der Waals surface area contributed by atoms with Crippen molar-refractivity contribution in [1.29, 1.82) is 0 Å². The molecule has 0 spiro atoms. The molecule has 0 aliphatic carbocycles. The third-order valence-electron chi connectivity index (χ3n) is 2.75. The van der Waals surface area contributed by atoms with Gasteiger partial charge in [-0.05, 0) is 30.7 Å². The Morgan fingerprint density at radius 1 is 1.33 bits per heavy atom. The molecule has 1 aromatic heterocycles. The van der Waals surface area contributed by atoms with Gasteiger partial charge in [-0.25, -0.2) is 4.98 Å². The second-order valence-corrected chi connectivity index (χ2v) is 4.41. The molecule has 0 unspecified atom stereocenters. The van der Waals surface area contributed by atoms with Crippen LogP contribution in [0.2, 0.25) is 5.15 Å². The van der Waals surface area contributed by atoms with E-state index in [0.717, 1.165) is 18.0 Å². The molecule has 0 amide bonds. The number of hydrogen-bond acceptors (Lipinski definition) is 3. The van der Waals surface area contributed by atoms with E-state index in [-0.39, 0.29) is 0 Å². The summed E-state index contributed by atoms with van der Waals surface area (Å²) in [6.45, 7) is 1.06. The van der Waals surface area contributed by atoms with Gasteiger partial charge < -0.3 is 15.0 Å². The Morgan fingerprint density at radius 3 is 2.61 bits per heavy atom. The van der Waals surface area contributed by atoms with E-state index in [1.165, 1.54) is 5.56 Å².